The zero-order valence-electron chi connectivity index (χ0n) is 13.0. The van der Waals surface area contributed by atoms with E-state index in [4.69, 9.17) is 11.6 Å². The molecule has 1 aliphatic heterocycles. The van der Waals surface area contributed by atoms with Crippen molar-refractivity contribution >= 4 is 38.9 Å². The Morgan fingerprint density at radius 2 is 1.81 bits per heavy atom. The Morgan fingerprint density at radius 3 is 2.50 bits per heavy atom. The summed E-state index contributed by atoms with van der Waals surface area (Å²) in [7, 11) is -4.11. The summed E-state index contributed by atoms with van der Waals surface area (Å²) in [6.45, 7) is 0. The number of rotatable bonds is 3. The molecule has 5 nitrogen and oxygen atoms in total. The van der Waals surface area contributed by atoms with E-state index in [9.17, 15) is 26.4 Å². The number of aryl methyl sites for hydroxylation is 1. The van der Waals surface area contributed by atoms with E-state index in [0.717, 1.165) is 12.1 Å². The predicted octanol–water partition coefficient (Wildman–Crippen LogP) is 4.04. The largest absolute Gasteiger partial charge is 0.417 e. The number of carbonyl (C=O) groups is 1. The molecule has 0 atom stereocenters. The lowest BCUT2D eigenvalue weighted by molar-refractivity contribution is -0.137. The van der Waals surface area contributed by atoms with Crippen molar-refractivity contribution in [2.24, 2.45) is 0 Å². The number of alkyl halides is 3. The van der Waals surface area contributed by atoms with Gasteiger partial charge in [-0.3, -0.25) is 9.52 Å². The highest BCUT2D eigenvalue weighted by molar-refractivity contribution is 7.92. The first kappa shape index (κ1) is 18.5. The van der Waals surface area contributed by atoms with Crippen LogP contribution in [0.5, 0.6) is 0 Å². The van der Waals surface area contributed by atoms with Gasteiger partial charge >= 0.3 is 6.18 Å². The summed E-state index contributed by atoms with van der Waals surface area (Å²) in [5.74, 6) is -0.160. The Hall–Kier alpha value is -2.26. The zero-order valence-corrected chi connectivity index (χ0v) is 14.6. The summed E-state index contributed by atoms with van der Waals surface area (Å²) in [4.78, 5) is 11.2. The van der Waals surface area contributed by atoms with Gasteiger partial charge in [-0.25, -0.2) is 8.42 Å². The first-order valence-corrected chi connectivity index (χ1v) is 9.25. The van der Waals surface area contributed by atoms with Crippen LogP contribution < -0.4 is 10.0 Å². The molecule has 3 rings (SSSR count). The van der Waals surface area contributed by atoms with Gasteiger partial charge in [-0.15, -0.1) is 0 Å². The monoisotopic (exact) mass is 404 g/mol. The van der Waals surface area contributed by atoms with E-state index in [1.54, 1.807) is 0 Å². The van der Waals surface area contributed by atoms with Crippen LogP contribution in [-0.2, 0) is 27.4 Å². The lowest BCUT2D eigenvalue weighted by Gasteiger charge is -2.18. The summed E-state index contributed by atoms with van der Waals surface area (Å²) in [6, 6.07) is 6.87. The normalized spacial score (nSPS) is 14.5. The summed E-state index contributed by atoms with van der Waals surface area (Å²) in [6.07, 6.45) is -4.09. The molecule has 0 saturated heterocycles. The Labute approximate surface area is 152 Å². The number of anilines is 2. The fraction of sp³-hybridized carbons (Fsp3) is 0.188. The lowest BCUT2D eigenvalue weighted by Crippen LogP contribution is -2.20. The number of fused-ring (bicyclic) bond motifs is 1. The molecule has 0 aromatic heterocycles. The standard InChI is InChI=1S/C16H12ClF3N2O3S/c17-13-4-2-10(8-12(13)16(18,19)20)22-26(24,25)11-3-5-14-9(7-11)1-6-15(23)21-14/h2-5,7-8,22H,1,6H2,(H,21,23). The number of halogens is 4. The maximum atomic E-state index is 12.9. The van der Waals surface area contributed by atoms with Crippen molar-refractivity contribution < 1.29 is 26.4 Å². The number of sulfonamides is 1. The second kappa shape index (κ2) is 6.48. The average molecular weight is 405 g/mol. The van der Waals surface area contributed by atoms with Gasteiger partial charge in [0, 0.05) is 17.8 Å². The molecule has 0 spiro atoms. The van der Waals surface area contributed by atoms with E-state index in [1.165, 1.54) is 18.2 Å². The van der Waals surface area contributed by atoms with Gasteiger partial charge in [0.2, 0.25) is 5.91 Å². The molecule has 0 unspecified atom stereocenters. The highest BCUT2D eigenvalue weighted by atomic mass is 35.5. The van der Waals surface area contributed by atoms with Crippen LogP contribution in [0.1, 0.15) is 17.5 Å². The number of hydrogen-bond acceptors (Lipinski definition) is 3. The van der Waals surface area contributed by atoms with Gasteiger partial charge < -0.3 is 5.32 Å². The van der Waals surface area contributed by atoms with E-state index in [-0.39, 0.29) is 22.9 Å². The van der Waals surface area contributed by atoms with Crippen LogP contribution in [0, 0.1) is 0 Å². The third-order valence-electron chi connectivity index (χ3n) is 3.81. The van der Waals surface area contributed by atoms with E-state index in [1.807, 2.05) is 0 Å². The molecule has 26 heavy (non-hydrogen) atoms. The molecule has 0 fully saturated rings. The van der Waals surface area contributed by atoms with Crippen LogP contribution in [0.25, 0.3) is 0 Å². The first-order valence-electron chi connectivity index (χ1n) is 7.38. The zero-order chi connectivity index (χ0) is 19.1. The Bertz CT molecular complexity index is 991. The molecule has 10 heteroatoms. The van der Waals surface area contributed by atoms with Gasteiger partial charge in [0.1, 0.15) is 0 Å². The highest BCUT2D eigenvalue weighted by Gasteiger charge is 2.33. The number of hydrogen-bond donors (Lipinski definition) is 2. The van der Waals surface area contributed by atoms with Crippen LogP contribution in [-0.4, -0.2) is 14.3 Å². The molecule has 2 aromatic carbocycles. The first-order chi connectivity index (χ1) is 12.1. The Balaban J connectivity index is 1.92. The van der Waals surface area contributed by atoms with E-state index >= 15 is 0 Å². The number of amides is 1. The van der Waals surface area contributed by atoms with Crippen molar-refractivity contribution in [3.05, 3.63) is 52.5 Å². The maximum Gasteiger partial charge on any atom is 0.417 e. The maximum absolute atomic E-state index is 12.9. The Kier molecular flexibility index (Phi) is 4.61. The third kappa shape index (κ3) is 3.78. The third-order valence-corrected chi connectivity index (χ3v) is 5.52. The van der Waals surface area contributed by atoms with E-state index in [2.05, 4.69) is 10.0 Å². The SMILES string of the molecule is O=C1CCc2cc(S(=O)(=O)Nc3ccc(Cl)c(C(F)(F)F)c3)ccc2N1. The second-order valence-electron chi connectivity index (χ2n) is 5.67. The molecule has 1 amide bonds. The van der Waals surface area contributed by atoms with Gasteiger partial charge in [-0.1, -0.05) is 11.6 Å². The minimum Gasteiger partial charge on any atom is -0.326 e. The molecule has 1 aliphatic rings. The predicted molar refractivity (Wildman–Crippen MR) is 90.7 cm³/mol. The topological polar surface area (TPSA) is 75.3 Å². The van der Waals surface area contributed by atoms with Crippen LogP contribution in [0.4, 0.5) is 24.5 Å². The van der Waals surface area contributed by atoms with Crippen LogP contribution >= 0.6 is 11.6 Å². The van der Waals surface area contributed by atoms with E-state index < -0.39 is 26.8 Å². The van der Waals surface area contributed by atoms with Crippen molar-refractivity contribution in [1.29, 1.82) is 0 Å². The van der Waals surface area contributed by atoms with Crippen molar-refractivity contribution in [1.82, 2.24) is 0 Å². The van der Waals surface area contributed by atoms with Crippen LogP contribution in [0.15, 0.2) is 41.3 Å². The molecule has 2 N–H and O–H groups in total. The number of benzene rings is 2. The molecule has 0 aliphatic carbocycles. The van der Waals surface area contributed by atoms with Crippen LogP contribution in [0.3, 0.4) is 0 Å². The minimum absolute atomic E-state index is 0.115. The number of carbonyl (C=O) groups excluding carboxylic acids is 1. The number of nitrogens with one attached hydrogen (secondary N) is 2. The molecule has 0 saturated carbocycles. The van der Waals surface area contributed by atoms with Gasteiger partial charge in [0.25, 0.3) is 10.0 Å². The molecule has 0 bridgehead atoms. The summed E-state index contributed by atoms with van der Waals surface area (Å²) >= 11 is 5.53. The fourth-order valence-corrected chi connectivity index (χ4v) is 3.87. The minimum atomic E-state index is -4.71. The summed E-state index contributed by atoms with van der Waals surface area (Å²) in [5, 5.41) is 2.10. The summed E-state index contributed by atoms with van der Waals surface area (Å²) < 4.78 is 65.8. The summed E-state index contributed by atoms with van der Waals surface area (Å²) in [5.41, 5.74) is -0.231. The molecule has 2 aromatic rings. The quantitative estimate of drug-likeness (QED) is 0.810. The fourth-order valence-electron chi connectivity index (χ4n) is 2.55. The second-order valence-corrected chi connectivity index (χ2v) is 7.75. The van der Waals surface area contributed by atoms with Crippen molar-refractivity contribution in [2.45, 2.75) is 23.9 Å². The van der Waals surface area contributed by atoms with E-state index in [0.29, 0.717) is 23.7 Å². The molecule has 138 valence electrons. The average Bonchev–Trinajstić information content (AvgIpc) is 2.54. The van der Waals surface area contributed by atoms with Gasteiger partial charge in [0.15, 0.2) is 0 Å². The highest BCUT2D eigenvalue weighted by Crippen LogP contribution is 2.36. The molecular weight excluding hydrogens is 393 g/mol. The van der Waals surface area contributed by atoms with Gasteiger partial charge in [-0.05, 0) is 48.4 Å². The smallest absolute Gasteiger partial charge is 0.326 e. The van der Waals surface area contributed by atoms with Crippen molar-refractivity contribution in [3.8, 4) is 0 Å². The van der Waals surface area contributed by atoms with Crippen molar-refractivity contribution in [2.75, 3.05) is 10.0 Å². The molecule has 1 heterocycles. The molecular formula is C16H12ClF3N2O3S. The van der Waals surface area contributed by atoms with Crippen molar-refractivity contribution in [3.63, 3.8) is 0 Å². The van der Waals surface area contributed by atoms with Gasteiger partial charge in [-0.2, -0.15) is 13.2 Å². The Morgan fingerprint density at radius 1 is 1.08 bits per heavy atom. The van der Waals surface area contributed by atoms with Gasteiger partial charge in [0.05, 0.1) is 15.5 Å². The van der Waals surface area contributed by atoms with Crippen LogP contribution in [0.2, 0.25) is 5.02 Å². The molecule has 0 radical (unpaired) electrons. The lowest BCUT2D eigenvalue weighted by atomic mass is 10.0.